The molecule has 1 saturated heterocycles. The molecule has 2 aromatic heterocycles. The van der Waals surface area contributed by atoms with E-state index in [1.807, 2.05) is 18.7 Å². The number of halogens is 4. The smallest absolute Gasteiger partial charge is 0.310 e. The number of nitrogens with zero attached hydrogens (tertiary/aromatic N) is 3. The van der Waals surface area contributed by atoms with E-state index in [4.69, 9.17) is 11.6 Å². The number of pyridine rings is 1. The van der Waals surface area contributed by atoms with E-state index < -0.39 is 28.8 Å². The predicted octanol–water partition coefficient (Wildman–Crippen LogP) is 5.62. The maximum absolute atomic E-state index is 14.8. The van der Waals surface area contributed by atoms with Crippen molar-refractivity contribution in [3.8, 4) is 0 Å². The number of benzene rings is 1. The minimum Gasteiger partial charge on any atom is -0.481 e. The number of likely N-dealkylation sites (tertiary alicyclic amines) is 1. The van der Waals surface area contributed by atoms with Gasteiger partial charge in [0, 0.05) is 36.3 Å². The first-order valence-corrected chi connectivity index (χ1v) is 12.0. The summed E-state index contributed by atoms with van der Waals surface area (Å²) in [5.74, 6) is -2.32. The second-order valence-corrected chi connectivity index (χ2v) is 9.66. The van der Waals surface area contributed by atoms with E-state index in [1.54, 1.807) is 6.07 Å². The molecule has 192 valence electrons. The Bertz CT molecular complexity index is 1270. The normalized spacial score (nSPS) is 20.4. The molecule has 1 unspecified atom stereocenters. The average Bonchev–Trinajstić information content (AvgIpc) is 3.26. The zero-order chi connectivity index (χ0) is 26.0. The molecule has 36 heavy (non-hydrogen) atoms. The van der Waals surface area contributed by atoms with Gasteiger partial charge in [0.25, 0.3) is 0 Å². The highest BCUT2D eigenvalue weighted by molar-refractivity contribution is 6.30. The summed E-state index contributed by atoms with van der Waals surface area (Å²) in [4.78, 5) is 18.7. The molecule has 7 nitrogen and oxygen atoms in total. The summed E-state index contributed by atoms with van der Waals surface area (Å²) in [5.41, 5.74) is -0.564. The van der Waals surface area contributed by atoms with Crippen molar-refractivity contribution in [2.45, 2.75) is 52.1 Å². The van der Waals surface area contributed by atoms with Crippen molar-refractivity contribution in [1.29, 1.82) is 0 Å². The predicted molar refractivity (Wildman–Crippen MR) is 130 cm³/mol. The molecule has 1 aliphatic heterocycles. The zero-order valence-electron chi connectivity index (χ0n) is 19.9. The van der Waals surface area contributed by atoms with Crippen LogP contribution < -0.4 is 5.32 Å². The lowest BCUT2D eigenvalue weighted by Gasteiger charge is -2.44. The zero-order valence-corrected chi connectivity index (χ0v) is 20.7. The molecule has 3 N–H and O–H groups in total. The molecule has 0 amide bonds. The Morgan fingerprint density at radius 1 is 1.25 bits per heavy atom. The summed E-state index contributed by atoms with van der Waals surface area (Å²) < 4.78 is 43.6. The van der Waals surface area contributed by atoms with E-state index in [2.05, 4.69) is 20.5 Å². The van der Waals surface area contributed by atoms with Crippen LogP contribution in [0.25, 0.3) is 0 Å². The number of carboxylic acid groups (broad SMARTS) is 1. The molecule has 0 bridgehead atoms. The molecule has 1 aliphatic rings. The van der Waals surface area contributed by atoms with Crippen molar-refractivity contribution in [3.05, 3.63) is 69.8 Å². The molecule has 0 saturated carbocycles. The number of piperidine rings is 1. The first-order chi connectivity index (χ1) is 17.1. The third-order valence-electron chi connectivity index (χ3n) is 6.83. The van der Waals surface area contributed by atoms with Gasteiger partial charge in [-0.3, -0.25) is 14.8 Å². The molecule has 0 aliphatic carbocycles. The topological polar surface area (TPSA) is 94.1 Å². The fraction of sp³-hybridized carbons (Fsp3) is 0.400. The number of anilines is 2. The van der Waals surface area contributed by atoms with Crippen LogP contribution in [-0.2, 0) is 17.8 Å². The molecule has 0 spiro atoms. The monoisotopic (exact) mass is 521 g/mol. The minimum absolute atomic E-state index is 0.0323. The molecule has 2 atom stereocenters. The van der Waals surface area contributed by atoms with Gasteiger partial charge in [-0.2, -0.15) is 5.10 Å². The molecule has 3 heterocycles. The van der Waals surface area contributed by atoms with E-state index in [-0.39, 0.29) is 54.7 Å². The number of carboxylic acids is 1. The number of aromatic nitrogens is 3. The number of rotatable bonds is 8. The third kappa shape index (κ3) is 5.34. The average molecular weight is 522 g/mol. The van der Waals surface area contributed by atoms with Crippen molar-refractivity contribution in [3.63, 3.8) is 0 Å². The highest BCUT2D eigenvalue weighted by atomic mass is 35.5. The van der Waals surface area contributed by atoms with Crippen LogP contribution in [0, 0.1) is 29.8 Å². The van der Waals surface area contributed by atoms with Gasteiger partial charge in [-0.25, -0.2) is 18.2 Å². The van der Waals surface area contributed by atoms with Crippen molar-refractivity contribution in [2.24, 2.45) is 5.41 Å². The quantitative estimate of drug-likeness (QED) is 0.333. The van der Waals surface area contributed by atoms with E-state index in [9.17, 15) is 23.1 Å². The van der Waals surface area contributed by atoms with E-state index in [1.165, 1.54) is 12.1 Å². The van der Waals surface area contributed by atoms with Crippen LogP contribution in [0.1, 0.15) is 43.1 Å². The number of hydrogen-bond acceptors (Lipinski definition) is 5. The third-order valence-corrected chi connectivity index (χ3v) is 7.12. The van der Waals surface area contributed by atoms with Crippen LogP contribution >= 0.6 is 11.6 Å². The SMILES string of the molecule is CC[C@@H]1CC(Cc2nc(Nc3cc(C)[nH]n3)ccc2F)(C(=O)O)CCN1Cc1c(F)ccc(Cl)c1F. The number of hydrogen-bond donors (Lipinski definition) is 3. The summed E-state index contributed by atoms with van der Waals surface area (Å²) >= 11 is 5.84. The number of aliphatic carboxylic acids is 1. The Kier molecular flexibility index (Phi) is 7.56. The molecule has 1 fully saturated rings. The Hall–Kier alpha value is -3.11. The van der Waals surface area contributed by atoms with Crippen LogP contribution in [0.4, 0.5) is 24.8 Å². The van der Waals surface area contributed by atoms with Gasteiger partial charge in [0.05, 0.1) is 16.1 Å². The van der Waals surface area contributed by atoms with E-state index in [0.29, 0.717) is 18.1 Å². The summed E-state index contributed by atoms with van der Waals surface area (Å²) in [6.07, 6.45) is 0.780. The van der Waals surface area contributed by atoms with Crippen molar-refractivity contribution < 1.29 is 23.1 Å². The number of aromatic amines is 1. The summed E-state index contributed by atoms with van der Waals surface area (Å²) in [7, 11) is 0. The first-order valence-electron chi connectivity index (χ1n) is 11.7. The van der Waals surface area contributed by atoms with Crippen LogP contribution in [-0.4, -0.2) is 43.7 Å². The lowest BCUT2D eigenvalue weighted by atomic mass is 9.71. The van der Waals surface area contributed by atoms with Crippen molar-refractivity contribution in [1.82, 2.24) is 20.1 Å². The number of carbonyl (C=O) groups is 1. The molecular weight excluding hydrogens is 495 g/mol. The van der Waals surface area contributed by atoms with Gasteiger partial charge < -0.3 is 10.4 Å². The maximum Gasteiger partial charge on any atom is 0.310 e. The standard InChI is InChI=1S/C25H27ClF3N5O2/c1-3-15-11-25(24(35)36,8-9-34(15)13-16-18(27)5-4-17(26)23(16)29)12-20-19(28)6-7-21(30-20)31-22-10-14(2)32-33-22/h4-7,10,15H,3,8-9,11-13H2,1-2H3,(H,35,36)(H2,30,31,32,33)/t15-,25?/m1/s1. The Balaban J connectivity index is 1.56. The number of H-pyrrole nitrogens is 1. The number of aryl methyl sites for hydroxylation is 1. The fourth-order valence-corrected chi connectivity index (χ4v) is 4.97. The summed E-state index contributed by atoms with van der Waals surface area (Å²) in [6, 6.07) is 6.46. The Morgan fingerprint density at radius 3 is 2.67 bits per heavy atom. The summed E-state index contributed by atoms with van der Waals surface area (Å²) in [5, 5.41) is 19.9. The highest BCUT2D eigenvalue weighted by Gasteiger charge is 2.46. The highest BCUT2D eigenvalue weighted by Crippen LogP contribution is 2.40. The van der Waals surface area contributed by atoms with E-state index in [0.717, 1.165) is 17.8 Å². The van der Waals surface area contributed by atoms with Gasteiger partial charge in [-0.05, 0) is 57.0 Å². The van der Waals surface area contributed by atoms with Gasteiger partial charge in [0.1, 0.15) is 23.3 Å². The largest absolute Gasteiger partial charge is 0.481 e. The second-order valence-electron chi connectivity index (χ2n) is 9.26. The molecular formula is C25H27ClF3N5O2. The number of nitrogens with one attached hydrogen (secondary N) is 2. The van der Waals surface area contributed by atoms with Crippen LogP contribution in [0.3, 0.4) is 0 Å². The molecule has 3 aromatic rings. The maximum atomic E-state index is 14.8. The van der Waals surface area contributed by atoms with Crippen molar-refractivity contribution in [2.75, 3.05) is 11.9 Å². The van der Waals surface area contributed by atoms with Gasteiger partial charge in [0.15, 0.2) is 5.82 Å². The molecule has 1 aromatic carbocycles. The first kappa shape index (κ1) is 26.0. The van der Waals surface area contributed by atoms with Crippen LogP contribution in [0.15, 0.2) is 30.3 Å². The lowest BCUT2D eigenvalue weighted by molar-refractivity contribution is -0.154. The summed E-state index contributed by atoms with van der Waals surface area (Å²) in [6.45, 7) is 3.95. The van der Waals surface area contributed by atoms with Crippen molar-refractivity contribution >= 4 is 29.2 Å². The van der Waals surface area contributed by atoms with Gasteiger partial charge in [-0.1, -0.05) is 18.5 Å². The van der Waals surface area contributed by atoms with E-state index >= 15 is 0 Å². The fourth-order valence-electron chi connectivity index (χ4n) is 4.79. The lowest BCUT2D eigenvalue weighted by Crippen LogP contribution is -2.50. The van der Waals surface area contributed by atoms with Gasteiger partial charge in [-0.15, -0.1) is 0 Å². The second kappa shape index (κ2) is 10.5. The van der Waals surface area contributed by atoms with Gasteiger partial charge >= 0.3 is 5.97 Å². The Morgan fingerprint density at radius 2 is 2.00 bits per heavy atom. The Labute approximate surface area is 211 Å². The van der Waals surface area contributed by atoms with Gasteiger partial charge in [0.2, 0.25) is 0 Å². The molecule has 0 radical (unpaired) electrons. The van der Waals surface area contributed by atoms with Crippen LogP contribution in [0.5, 0.6) is 0 Å². The molecule has 4 rings (SSSR count). The molecule has 11 heteroatoms. The minimum atomic E-state index is -1.28. The van der Waals surface area contributed by atoms with Crippen LogP contribution in [0.2, 0.25) is 5.02 Å².